The predicted octanol–water partition coefficient (Wildman–Crippen LogP) is 0.716. The third-order valence-electron chi connectivity index (χ3n) is 1.89. The topological polar surface area (TPSA) is 44.7 Å². The van der Waals surface area contributed by atoms with Crippen molar-refractivity contribution in [1.29, 1.82) is 0 Å². The lowest BCUT2D eigenvalue weighted by atomic mass is 10.2. The van der Waals surface area contributed by atoms with E-state index in [0.29, 0.717) is 6.67 Å². The summed E-state index contributed by atoms with van der Waals surface area (Å²) in [4.78, 5) is 17.0. The summed E-state index contributed by atoms with van der Waals surface area (Å²) in [7, 11) is 0. The Bertz CT molecular complexity index is 256. The number of rotatable bonds is 2. The molecule has 0 aromatic rings. The number of hydrogen-bond acceptors (Lipinski definition) is 3. The lowest BCUT2D eigenvalue weighted by molar-refractivity contribution is -0.122. The molecule has 0 aliphatic carbocycles. The van der Waals surface area contributed by atoms with Gasteiger partial charge >= 0.3 is 0 Å². The van der Waals surface area contributed by atoms with Crippen LogP contribution in [0.15, 0.2) is 17.3 Å². The number of hydrogen-bond donors (Lipinski definition) is 1. The lowest BCUT2D eigenvalue weighted by Gasteiger charge is -2.37. The van der Waals surface area contributed by atoms with E-state index in [9.17, 15) is 4.79 Å². The third kappa shape index (κ3) is 2.57. The summed E-state index contributed by atoms with van der Waals surface area (Å²) >= 11 is 0. The zero-order valence-electron chi connectivity index (χ0n) is 8.24. The Kier molecular flexibility index (Phi) is 2.70. The van der Waals surface area contributed by atoms with Gasteiger partial charge in [0.05, 0.1) is 0 Å². The summed E-state index contributed by atoms with van der Waals surface area (Å²) in [6, 6.07) is 0. The van der Waals surface area contributed by atoms with Crippen molar-refractivity contribution in [2.45, 2.75) is 26.4 Å². The van der Waals surface area contributed by atoms with Gasteiger partial charge in [-0.25, -0.2) is 0 Å². The molecule has 1 N–H and O–H groups in total. The van der Waals surface area contributed by atoms with E-state index in [1.807, 2.05) is 31.0 Å². The fraction of sp³-hybridized carbons (Fsp3) is 0.556. The van der Waals surface area contributed by atoms with E-state index in [4.69, 9.17) is 0 Å². The molecule has 0 aromatic carbocycles. The first kappa shape index (κ1) is 9.77. The van der Waals surface area contributed by atoms with Crippen molar-refractivity contribution in [3.05, 3.63) is 12.3 Å². The molecule has 1 amide bonds. The predicted molar refractivity (Wildman–Crippen MR) is 52.2 cm³/mol. The highest BCUT2D eigenvalue weighted by molar-refractivity contribution is 5.74. The molecule has 13 heavy (non-hydrogen) atoms. The zero-order valence-corrected chi connectivity index (χ0v) is 8.24. The number of nitrogens with zero attached hydrogens (tertiary/aromatic N) is 2. The highest BCUT2D eigenvalue weighted by Gasteiger charge is 2.24. The largest absolute Gasteiger partial charge is 0.336 e. The maximum absolute atomic E-state index is 10.9. The van der Waals surface area contributed by atoms with Crippen LogP contribution >= 0.6 is 0 Å². The SMILES string of the molecule is CC(=O)NC(C)(C)N1C=CC=NC1. The maximum Gasteiger partial charge on any atom is 0.218 e. The summed E-state index contributed by atoms with van der Waals surface area (Å²) in [5.41, 5.74) is -0.375. The van der Waals surface area contributed by atoms with E-state index in [2.05, 4.69) is 10.3 Å². The molecule has 0 spiro atoms. The summed E-state index contributed by atoms with van der Waals surface area (Å²) < 4.78 is 0. The van der Waals surface area contributed by atoms with Crippen LogP contribution in [-0.2, 0) is 4.79 Å². The van der Waals surface area contributed by atoms with E-state index < -0.39 is 0 Å². The molecule has 0 bridgehead atoms. The van der Waals surface area contributed by atoms with E-state index >= 15 is 0 Å². The zero-order chi connectivity index (χ0) is 9.90. The summed E-state index contributed by atoms with van der Waals surface area (Å²) in [6.45, 7) is 5.99. The molecule has 1 aliphatic rings. The van der Waals surface area contributed by atoms with E-state index in [1.165, 1.54) is 6.92 Å². The molecular formula is C9H15N3O. The normalized spacial score (nSPS) is 16.1. The molecule has 72 valence electrons. The van der Waals surface area contributed by atoms with Gasteiger partial charge in [-0.15, -0.1) is 0 Å². The number of aliphatic imine (C=N–C) groups is 1. The second-order valence-corrected chi connectivity index (χ2v) is 3.52. The van der Waals surface area contributed by atoms with Crippen molar-refractivity contribution in [3.63, 3.8) is 0 Å². The molecule has 1 rings (SSSR count). The summed E-state index contributed by atoms with van der Waals surface area (Å²) in [5.74, 6) is -0.0343. The van der Waals surface area contributed by atoms with Crippen LogP contribution in [-0.4, -0.2) is 29.4 Å². The molecule has 0 saturated heterocycles. The van der Waals surface area contributed by atoms with Gasteiger partial charge in [0, 0.05) is 19.3 Å². The van der Waals surface area contributed by atoms with Gasteiger partial charge in [0.2, 0.25) is 5.91 Å². The Balaban J connectivity index is 2.63. The number of amides is 1. The molecular weight excluding hydrogens is 166 g/mol. The van der Waals surface area contributed by atoms with Crippen LogP contribution in [0.1, 0.15) is 20.8 Å². The van der Waals surface area contributed by atoms with Gasteiger partial charge < -0.3 is 10.2 Å². The van der Waals surface area contributed by atoms with Gasteiger partial charge in [0.25, 0.3) is 0 Å². The molecule has 1 heterocycles. The summed E-state index contributed by atoms with van der Waals surface area (Å²) in [5, 5.41) is 2.85. The van der Waals surface area contributed by atoms with Crippen molar-refractivity contribution < 1.29 is 4.79 Å². The molecule has 0 aromatic heterocycles. The fourth-order valence-corrected chi connectivity index (χ4v) is 1.25. The molecule has 0 saturated carbocycles. The van der Waals surface area contributed by atoms with Crippen LogP contribution in [0.4, 0.5) is 0 Å². The molecule has 0 atom stereocenters. The second-order valence-electron chi connectivity index (χ2n) is 3.52. The fourth-order valence-electron chi connectivity index (χ4n) is 1.25. The Morgan fingerprint density at radius 3 is 2.77 bits per heavy atom. The minimum Gasteiger partial charge on any atom is -0.336 e. The van der Waals surface area contributed by atoms with Crippen molar-refractivity contribution in [3.8, 4) is 0 Å². The van der Waals surface area contributed by atoms with Gasteiger partial charge in [-0.3, -0.25) is 9.79 Å². The highest BCUT2D eigenvalue weighted by atomic mass is 16.1. The molecule has 1 aliphatic heterocycles. The van der Waals surface area contributed by atoms with Crippen LogP contribution < -0.4 is 5.32 Å². The molecule has 0 unspecified atom stereocenters. The van der Waals surface area contributed by atoms with Crippen molar-refractivity contribution in [2.75, 3.05) is 6.67 Å². The smallest absolute Gasteiger partial charge is 0.218 e. The summed E-state index contributed by atoms with van der Waals surface area (Å²) in [6.07, 6.45) is 5.52. The standard InChI is InChI=1S/C9H15N3O/c1-8(13)11-9(2,3)12-6-4-5-10-7-12/h4-6H,7H2,1-3H3,(H,11,13). The van der Waals surface area contributed by atoms with Gasteiger partial charge in [0.15, 0.2) is 0 Å². The van der Waals surface area contributed by atoms with Crippen LogP contribution in [0.25, 0.3) is 0 Å². The van der Waals surface area contributed by atoms with E-state index in [-0.39, 0.29) is 11.6 Å². The molecule has 0 radical (unpaired) electrons. The Labute approximate surface area is 78.3 Å². The monoisotopic (exact) mass is 181 g/mol. The first-order valence-electron chi connectivity index (χ1n) is 4.24. The Morgan fingerprint density at radius 1 is 1.62 bits per heavy atom. The lowest BCUT2D eigenvalue weighted by Crippen LogP contribution is -2.54. The van der Waals surface area contributed by atoms with Crippen LogP contribution in [0, 0.1) is 0 Å². The van der Waals surface area contributed by atoms with Crippen LogP contribution in [0.3, 0.4) is 0 Å². The van der Waals surface area contributed by atoms with Gasteiger partial charge in [-0.2, -0.15) is 0 Å². The van der Waals surface area contributed by atoms with Crippen molar-refractivity contribution >= 4 is 12.1 Å². The Hall–Kier alpha value is -1.32. The second kappa shape index (κ2) is 3.60. The van der Waals surface area contributed by atoms with Gasteiger partial charge in [0.1, 0.15) is 12.3 Å². The minimum absolute atomic E-state index is 0.0343. The molecule has 4 nitrogen and oxygen atoms in total. The Morgan fingerprint density at radius 2 is 2.31 bits per heavy atom. The van der Waals surface area contributed by atoms with E-state index in [0.717, 1.165) is 0 Å². The first-order valence-corrected chi connectivity index (χ1v) is 4.24. The van der Waals surface area contributed by atoms with Crippen LogP contribution in [0.2, 0.25) is 0 Å². The van der Waals surface area contributed by atoms with E-state index in [1.54, 1.807) is 6.21 Å². The average molecular weight is 181 g/mol. The third-order valence-corrected chi connectivity index (χ3v) is 1.89. The van der Waals surface area contributed by atoms with Gasteiger partial charge in [-0.1, -0.05) is 0 Å². The number of allylic oxidation sites excluding steroid dienone is 1. The van der Waals surface area contributed by atoms with Gasteiger partial charge in [-0.05, 0) is 19.9 Å². The number of nitrogens with one attached hydrogen (secondary N) is 1. The number of carbonyl (C=O) groups is 1. The number of carbonyl (C=O) groups excluding carboxylic acids is 1. The quantitative estimate of drug-likeness (QED) is 0.682. The highest BCUT2D eigenvalue weighted by Crippen LogP contribution is 2.12. The maximum atomic E-state index is 10.9. The van der Waals surface area contributed by atoms with Crippen molar-refractivity contribution in [1.82, 2.24) is 10.2 Å². The molecule has 4 heteroatoms. The molecule has 0 fully saturated rings. The van der Waals surface area contributed by atoms with Crippen molar-refractivity contribution in [2.24, 2.45) is 4.99 Å². The average Bonchev–Trinajstić information content (AvgIpc) is 2.04. The van der Waals surface area contributed by atoms with Crippen LogP contribution in [0.5, 0.6) is 0 Å². The first-order chi connectivity index (χ1) is 6.02. The minimum atomic E-state index is -0.375.